The SMILES string of the molecule is COC(=O)C1=NN2C=CCN2C1. The highest BCUT2D eigenvalue weighted by molar-refractivity contribution is 6.37. The number of hydrazone groups is 1. The number of hydrogen-bond acceptors (Lipinski definition) is 5. The van der Waals surface area contributed by atoms with Crippen molar-refractivity contribution >= 4 is 11.7 Å². The Morgan fingerprint density at radius 2 is 2.58 bits per heavy atom. The molecule has 2 heterocycles. The Morgan fingerprint density at radius 1 is 1.75 bits per heavy atom. The lowest BCUT2D eigenvalue weighted by Gasteiger charge is -2.14. The first-order valence-corrected chi connectivity index (χ1v) is 3.68. The normalized spacial score (nSPS) is 21.1. The summed E-state index contributed by atoms with van der Waals surface area (Å²) in [7, 11) is 1.36. The molecule has 2 aliphatic rings. The second-order valence-electron chi connectivity index (χ2n) is 2.59. The van der Waals surface area contributed by atoms with Crippen LogP contribution in [-0.4, -0.2) is 42.0 Å². The Morgan fingerprint density at radius 3 is 3.25 bits per heavy atom. The molecular formula is C7H9N3O2. The van der Waals surface area contributed by atoms with Crippen molar-refractivity contribution < 1.29 is 9.53 Å². The van der Waals surface area contributed by atoms with Crippen LogP contribution in [0.1, 0.15) is 0 Å². The van der Waals surface area contributed by atoms with Crippen LogP contribution < -0.4 is 0 Å². The molecule has 12 heavy (non-hydrogen) atoms. The van der Waals surface area contributed by atoms with E-state index in [-0.39, 0.29) is 5.97 Å². The summed E-state index contributed by atoms with van der Waals surface area (Å²) in [6, 6.07) is 0. The van der Waals surface area contributed by atoms with Gasteiger partial charge in [-0.15, -0.1) is 0 Å². The van der Waals surface area contributed by atoms with E-state index in [2.05, 4.69) is 9.84 Å². The van der Waals surface area contributed by atoms with Gasteiger partial charge in [0.25, 0.3) is 0 Å². The predicted molar refractivity (Wildman–Crippen MR) is 42.0 cm³/mol. The van der Waals surface area contributed by atoms with Crippen molar-refractivity contribution in [2.24, 2.45) is 5.10 Å². The van der Waals surface area contributed by atoms with Crippen LogP contribution in [0.25, 0.3) is 0 Å². The molecule has 0 saturated heterocycles. The van der Waals surface area contributed by atoms with E-state index in [0.29, 0.717) is 12.3 Å². The molecular weight excluding hydrogens is 158 g/mol. The summed E-state index contributed by atoms with van der Waals surface area (Å²) in [6.45, 7) is 1.35. The summed E-state index contributed by atoms with van der Waals surface area (Å²) in [5, 5.41) is 7.63. The smallest absolute Gasteiger partial charge is 0.355 e. The maximum absolute atomic E-state index is 11.0. The third-order valence-electron chi connectivity index (χ3n) is 1.82. The van der Waals surface area contributed by atoms with Crippen LogP contribution in [0.3, 0.4) is 0 Å². The summed E-state index contributed by atoms with van der Waals surface area (Å²) in [6.07, 6.45) is 3.81. The van der Waals surface area contributed by atoms with E-state index >= 15 is 0 Å². The van der Waals surface area contributed by atoms with E-state index in [1.54, 1.807) is 5.12 Å². The average Bonchev–Trinajstić information content (AvgIpc) is 2.60. The van der Waals surface area contributed by atoms with Gasteiger partial charge in [0.2, 0.25) is 0 Å². The number of fused-ring (bicyclic) bond motifs is 1. The van der Waals surface area contributed by atoms with Crippen molar-refractivity contribution in [3.8, 4) is 0 Å². The molecule has 0 aromatic rings. The first-order chi connectivity index (χ1) is 5.81. The molecule has 2 aliphatic heterocycles. The molecule has 0 atom stereocenters. The van der Waals surface area contributed by atoms with Crippen LogP contribution in [0.15, 0.2) is 17.4 Å². The molecule has 5 nitrogen and oxygen atoms in total. The molecule has 5 heteroatoms. The Labute approximate surface area is 69.9 Å². The molecule has 0 aliphatic carbocycles. The van der Waals surface area contributed by atoms with E-state index in [1.165, 1.54) is 7.11 Å². The minimum atomic E-state index is -0.349. The van der Waals surface area contributed by atoms with Gasteiger partial charge in [-0.25, -0.2) is 9.91 Å². The highest BCUT2D eigenvalue weighted by atomic mass is 16.5. The molecule has 0 aromatic heterocycles. The summed E-state index contributed by atoms with van der Waals surface area (Å²) in [5.41, 5.74) is 0.460. The number of hydrazine groups is 1. The number of carbonyl (C=O) groups excluding carboxylic acids is 1. The molecule has 0 spiro atoms. The molecule has 64 valence electrons. The molecule has 0 bridgehead atoms. The zero-order valence-electron chi connectivity index (χ0n) is 6.73. The van der Waals surface area contributed by atoms with Crippen LogP contribution >= 0.6 is 0 Å². The number of carbonyl (C=O) groups is 1. The van der Waals surface area contributed by atoms with Crippen LogP contribution in [0.4, 0.5) is 0 Å². The maximum Gasteiger partial charge on any atom is 0.355 e. The molecule has 0 N–H and O–H groups in total. The van der Waals surface area contributed by atoms with Gasteiger partial charge in [0.1, 0.15) is 0 Å². The van der Waals surface area contributed by atoms with Gasteiger partial charge in [-0.05, 0) is 6.08 Å². The van der Waals surface area contributed by atoms with Gasteiger partial charge in [0, 0.05) is 12.7 Å². The summed E-state index contributed by atoms with van der Waals surface area (Å²) < 4.78 is 4.55. The Bertz CT molecular complexity index is 272. The van der Waals surface area contributed by atoms with Crippen molar-refractivity contribution in [2.75, 3.05) is 20.2 Å². The van der Waals surface area contributed by atoms with Gasteiger partial charge in [0.15, 0.2) is 5.71 Å². The third kappa shape index (κ3) is 0.984. The molecule has 2 rings (SSSR count). The number of ether oxygens (including phenoxy) is 1. The number of nitrogens with zero attached hydrogens (tertiary/aromatic N) is 3. The predicted octanol–water partition coefficient (Wildman–Crippen LogP) is -0.425. The average molecular weight is 167 g/mol. The minimum Gasteiger partial charge on any atom is -0.464 e. The van der Waals surface area contributed by atoms with Crippen LogP contribution in [0.2, 0.25) is 0 Å². The van der Waals surface area contributed by atoms with Crippen molar-refractivity contribution in [2.45, 2.75) is 0 Å². The highest BCUT2D eigenvalue weighted by Crippen LogP contribution is 2.14. The second-order valence-corrected chi connectivity index (χ2v) is 2.59. The third-order valence-corrected chi connectivity index (χ3v) is 1.82. The van der Waals surface area contributed by atoms with Crippen molar-refractivity contribution in [1.82, 2.24) is 10.1 Å². The molecule has 0 aromatic carbocycles. The minimum absolute atomic E-state index is 0.349. The van der Waals surface area contributed by atoms with Crippen molar-refractivity contribution in [1.29, 1.82) is 0 Å². The van der Waals surface area contributed by atoms with Gasteiger partial charge in [-0.3, -0.25) is 0 Å². The lowest BCUT2D eigenvalue weighted by molar-refractivity contribution is -0.132. The Kier molecular flexibility index (Phi) is 1.58. The molecule has 0 saturated carbocycles. The van der Waals surface area contributed by atoms with Crippen LogP contribution in [0.5, 0.6) is 0 Å². The second kappa shape index (κ2) is 2.60. The Hall–Kier alpha value is -1.36. The lowest BCUT2D eigenvalue weighted by atomic mass is 10.4. The van der Waals surface area contributed by atoms with Gasteiger partial charge in [0.05, 0.1) is 13.7 Å². The van der Waals surface area contributed by atoms with E-state index in [1.807, 2.05) is 17.3 Å². The van der Waals surface area contributed by atoms with Crippen molar-refractivity contribution in [3.05, 3.63) is 12.3 Å². The van der Waals surface area contributed by atoms with Gasteiger partial charge >= 0.3 is 5.97 Å². The number of rotatable bonds is 1. The largest absolute Gasteiger partial charge is 0.464 e. The Balaban J connectivity index is 2.12. The molecule has 0 unspecified atom stereocenters. The van der Waals surface area contributed by atoms with Gasteiger partial charge < -0.3 is 4.74 Å². The molecule has 0 amide bonds. The van der Waals surface area contributed by atoms with Crippen LogP contribution in [0, 0.1) is 0 Å². The highest BCUT2D eigenvalue weighted by Gasteiger charge is 2.28. The van der Waals surface area contributed by atoms with E-state index in [4.69, 9.17) is 0 Å². The number of methoxy groups -OCH3 is 1. The first-order valence-electron chi connectivity index (χ1n) is 3.68. The molecule has 0 fully saturated rings. The zero-order valence-corrected chi connectivity index (χ0v) is 6.73. The monoisotopic (exact) mass is 167 g/mol. The first kappa shape index (κ1) is 7.30. The summed E-state index contributed by atoms with van der Waals surface area (Å²) >= 11 is 0. The van der Waals surface area contributed by atoms with Crippen molar-refractivity contribution in [3.63, 3.8) is 0 Å². The topological polar surface area (TPSA) is 45.1 Å². The maximum atomic E-state index is 11.0. The fraction of sp³-hybridized carbons (Fsp3) is 0.429. The standard InChI is InChI=1S/C7H9N3O2/c1-12-7(11)6-5-9-3-2-4-10(9)8-6/h2,4H,3,5H2,1H3. The number of esters is 1. The lowest BCUT2D eigenvalue weighted by Crippen LogP contribution is -2.30. The summed E-state index contributed by atoms with van der Waals surface area (Å²) in [4.78, 5) is 11.0. The number of hydrogen-bond donors (Lipinski definition) is 0. The van der Waals surface area contributed by atoms with Gasteiger partial charge in [-0.1, -0.05) is 0 Å². The quantitative estimate of drug-likeness (QED) is 0.497. The summed E-state index contributed by atoms with van der Waals surface area (Å²) in [5.74, 6) is -0.349. The van der Waals surface area contributed by atoms with E-state index in [0.717, 1.165) is 6.54 Å². The van der Waals surface area contributed by atoms with E-state index < -0.39 is 0 Å². The fourth-order valence-electron chi connectivity index (χ4n) is 1.23. The molecule has 0 radical (unpaired) electrons. The van der Waals surface area contributed by atoms with Crippen LogP contribution in [-0.2, 0) is 9.53 Å². The van der Waals surface area contributed by atoms with Gasteiger partial charge in [-0.2, -0.15) is 10.1 Å². The van der Waals surface area contributed by atoms with E-state index in [9.17, 15) is 4.79 Å². The zero-order chi connectivity index (χ0) is 8.55. The fourth-order valence-corrected chi connectivity index (χ4v) is 1.23.